The summed E-state index contributed by atoms with van der Waals surface area (Å²) in [6.45, 7) is 0.704. The molecule has 6 heteroatoms. The second kappa shape index (κ2) is 7.85. The van der Waals surface area contributed by atoms with Gasteiger partial charge in [0, 0.05) is 36.9 Å². The highest BCUT2D eigenvalue weighted by molar-refractivity contribution is 7.89. The predicted molar refractivity (Wildman–Crippen MR) is 107 cm³/mol. The number of aliphatic imine (C=N–C) groups is 1. The largest absolute Gasteiger partial charge is 0.350 e. The topological polar surface area (TPSA) is 77.5 Å². The van der Waals surface area contributed by atoms with Crippen molar-refractivity contribution in [3.63, 3.8) is 0 Å². The standard InChI is InChI=1S/C20H23N3O2S/c1-23-15-18(9-11-22-14-17-5-3-2-4-6-17)19-13-16(7-8-20(19)23)10-12-26(21,24)25/h2-8,13-15H,9-12H2,1H3,(H2,21,24,25). The van der Waals surface area contributed by atoms with Crippen molar-refractivity contribution < 1.29 is 8.42 Å². The second-order valence-corrected chi connectivity index (χ2v) is 8.16. The summed E-state index contributed by atoms with van der Waals surface area (Å²) in [4.78, 5) is 4.51. The lowest BCUT2D eigenvalue weighted by molar-refractivity contribution is 0.597. The van der Waals surface area contributed by atoms with Crippen molar-refractivity contribution in [2.45, 2.75) is 12.8 Å². The zero-order chi connectivity index (χ0) is 18.6. The Morgan fingerprint density at radius 1 is 1.12 bits per heavy atom. The smallest absolute Gasteiger partial charge is 0.209 e. The quantitative estimate of drug-likeness (QED) is 0.650. The molecule has 0 aliphatic heterocycles. The summed E-state index contributed by atoms with van der Waals surface area (Å²) in [6, 6.07) is 16.1. The molecule has 0 spiro atoms. The molecule has 0 bridgehead atoms. The fourth-order valence-electron chi connectivity index (χ4n) is 3.03. The number of aryl methyl sites for hydroxylation is 2. The van der Waals surface area contributed by atoms with Crippen LogP contribution in [-0.4, -0.2) is 31.5 Å². The van der Waals surface area contributed by atoms with Gasteiger partial charge in [-0.3, -0.25) is 4.99 Å². The molecule has 0 fully saturated rings. The van der Waals surface area contributed by atoms with Gasteiger partial charge in [-0.05, 0) is 41.7 Å². The normalized spacial score (nSPS) is 12.2. The Morgan fingerprint density at radius 2 is 1.88 bits per heavy atom. The van der Waals surface area contributed by atoms with E-state index in [0.717, 1.165) is 28.5 Å². The van der Waals surface area contributed by atoms with Crippen molar-refractivity contribution >= 4 is 27.1 Å². The molecule has 3 rings (SSSR count). The van der Waals surface area contributed by atoms with E-state index in [2.05, 4.69) is 21.8 Å². The van der Waals surface area contributed by atoms with Crippen LogP contribution in [-0.2, 0) is 29.9 Å². The highest BCUT2D eigenvalue weighted by Gasteiger charge is 2.09. The Bertz CT molecular complexity index is 1020. The van der Waals surface area contributed by atoms with E-state index in [-0.39, 0.29) is 5.75 Å². The lowest BCUT2D eigenvalue weighted by atomic mass is 10.1. The molecule has 0 radical (unpaired) electrons. The summed E-state index contributed by atoms with van der Waals surface area (Å²) < 4.78 is 24.5. The van der Waals surface area contributed by atoms with Crippen molar-refractivity contribution in [2.24, 2.45) is 17.2 Å². The average molecular weight is 369 g/mol. The third-order valence-corrected chi connectivity index (χ3v) is 5.13. The maximum Gasteiger partial charge on any atom is 0.209 e. The van der Waals surface area contributed by atoms with Gasteiger partial charge in [-0.15, -0.1) is 0 Å². The number of hydrogen-bond acceptors (Lipinski definition) is 3. The molecule has 26 heavy (non-hydrogen) atoms. The molecule has 1 heterocycles. The Hall–Kier alpha value is -2.44. The number of rotatable bonds is 7. The van der Waals surface area contributed by atoms with Gasteiger partial charge in [-0.1, -0.05) is 36.4 Å². The lowest BCUT2D eigenvalue weighted by Crippen LogP contribution is -2.17. The maximum atomic E-state index is 11.2. The first-order chi connectivity index (χ1) is 12.4. The van der Waals surface area contributed by atoms with Gasteiger partial charge >= 0.3 is 0 Å². The molecule has 0 aliphatic carbocycles. The van der Waals surface area contributed by atoms with Crippen molar-refractivity contribution in [1.29, 1.82) is 0 Å². The van der Waals surface area contributed by atoms with E-state index in [4.69, 9.17) is 5.14 Å². The summed E-state index contributed by atoms with van der Waals surface area (Å²) in [5, 5.41) is 6.26. The molecule has 0 amide bonds. The zero-order valence-electron chi connectivity index (χ0n) is 14.8. The molecule has 0 unspecified atom stereocenters. The fourth-order valence-corrected chi connectivity index (χ4v) is 3.55. The zero-order valence-corrected chi connectivity index (χ0v) is 15.6. The van der Waals surface area contributed by atoms with Gasteiger partial charge in [0.25, 0.3) is 0 Å². The first-order valence-electron chi connectivity index (χ1n) is 8.54. The summed E-state index contributed by atoms with van der Waals surface area (Å²) in [5.74, 6) is -0.0396. The molecule has 1 aromatic heterocycles. The van der Waals surface area contributed by atoms with Crippen molar-refractivity contribution in [3.05, 3.63) is 71.4 Å². The summed E-state index contributed by atoms with van der Waals surface area (Å²) in [6.07, 6.45) is 5.27. The van der Waals surface area contributed by atoms with Gasteiger partial charge in [0.05, 0.1) is 5.75 Å². The number of primary sulfonamides is 1. The first kappa shape index (κ1) is 18.4. The number of sulfonamides is 1. The van der Waals surface area contributed by atoms with Crippen LogP contribution in [0.5, 0.6) is 0 Å². The van der Waals surface area contributed by atoms with Gasteiger partial charge < -0.3 is 4.57 Å². The predicted octanol–water partition coefficient (Wildman–Crippen LogP) is 2.67. The van der Waals surface area contributed by atoms with Crippen LogP contribution >= 0.6 is 0 Å². The Morgan fingerprint density at radius 3 is 2.62 bits per heavy atom. The Kier molecular flexibility index (Phi) is 5.54. The average Bonchev–Trinajstić information content (AvgIpc) is 2.93. The van der Waals surface area contributed by atoms with Crippen LogP contribution in [0.25, 0.3) is 10.9 Å². The number of nitrogens with zero attached hydrogens (tertiary/aromatic N) is 2. The van der Waals surface area contributed by atoms with Crippen LogP contribution in [0.3, 0.4) is 0 Å². The molecule has 2 N–H and O–H groups in total. The third-order valence-electron chi connectivity index (χ3n) is 4.36. The van der Waals surface area contributed by atoms with Gasteiger partial charge in [0.1, 0.15) is 0 Å². The maximum absolute atomic E-state index is 11.2. The van der Waals surface area contributed by atoms with E-state index in [1.807, 2.05) is 55.7 Å². The molecular formula is C20H23N3O2S. The minimum atomic E-state index is -3.45. The molecule has 0 aliphatic rings. The molecule has 136 valence electrons. The Labute approximate surface area is 154 Å². The molecule has 0 saturated heterocycles. The molecule has 0 saturated carbocycles. The highest BCUT2D eigenvalue weighted by Crippen LogP contribution is 2.23. The van der Waals surface area contributed by atoms with Crippen LogP contribution in [0.15, 0.2) is 59.7 Å². The van der Waals surface area contributed by atoms with E-state index < -0.39 is 10.0 Å². The SMILES string of the molecule is Cn1cc(CCN=Cc2ccccc2)c2cc(CCS(N)(=O)=O)ccc21. The van der Waals surface area contributed by atoms with Crippen LogP contribution in [0, 0.1) is 0 Å². The molecule has 5 nitrogen and oxygen atoms in total. The second-order valence-electron chi connectivity index (χ2n) is 6.43. The molecular weight excluding hydrogens is 346 g/mol. The summed E-state index contributed by atoms with van der Waals surface area (Å²) in [7, 11) is -1.43. The molecule has 2 aromatic carbocycles. The number of nitrogens with two attached hydrogens (primary N) is 1. The van der Waals surface area contributed by atoms with E-state index in [0.29, 0.717) is 13.0 Å². The Balaban J connectivity index is 1.74. The van der Waals surface area contributed by atoms with Crippen molar-refractivity contribution in [1.82, 2.24) is 4.57 Å². The number of benzene rings is 2. The fraction of sp³-hybridized carbons (Fsp3) is 0.250. The third kappa shape index (κ3) is 4.80. The number of aromatic nitrogens is 1. The van der Waals surface area contributed by atoms with Gasteiger partial charge in [0.15, 0.2) is 0 Å². The summed E-state index contributed by atoms with van der Waals surface area (Å²) >= 11 is 0. The first-order valence-corrected chi connectivity index (χ1v) is 10.3. The monoisotopic (exact) mass is 369 g/mol. The molecule has 0 atom stereocenters. The van der Waals surface area contributed by atoms with Crippen LogP contribution < -0.4 is 5.14 Å². The van der Waals surface area contributed by atoms with E-state index >= 15 is 0 Å². The highest BCUT2D eigenvalue weighted by atomic mass is 32.2. The molecule has 3 aromatic rings. The minimum Gasteiger partial charge on any atom is -0.350 e. The van der Waals surface area contributed by atoms with E-state index in [1.165, 1.54) is 5.56 Å². The van der Waals surface area contributed by atoms with E-state index in [9.17, 15) is 8.42 Å². The lowest BCUT2D eigenvalue weighted by Gasteiger charge is -2.03. The summed E-state index contributed by atoms with van der Waals surface area (Å²) in [5.41, 5.74) is 4.42. The van der Waals surface area contributed by atoms with Crippen LogP contribution in [0.1, 0.15) is 16.7 Å². The van der Waals surface area contributed by atoms with Crippen molar-refractivity contribution in [2.75, 3.05) is 12.3 Å². The number of hydrogen-bond donors (Lipinski definition) is 1. The van der Waals surface area contributed by atoms with E-state index in [1.54, 1.807) is 0 Å². The van der Waals surface area contributed by atoms with Gasteiger partial charge in [-0.25, -0.2) is 13.6 Å². The minimum absolute atomic E-state index is 0.0396. The van der Waals surface area contributed by atoms with Gasteiger partial charge in [0.2, 0.25) is 10.0 Å². The van der Waals surface area contributed by atoms with Gasteiger partial charge in [-0.2, -0.15) is 0 Å². The van der Waals surface area contributed by atoms with Crippen LogP contribution in [0.4, 0.5) is 0 Å². The number of fused-ring (bicyclic) bond motifs is 1. The van der Waals surface area contributed by atoms with Crippen LogP contribution in [0.2, 0.25) is 0 Å². The van der Waals surface area contributed by atoms with Crippen molar-refractivity contribution in [3.8, 4) is 0 Å².